The molecule has 9 nitrogen and oxygen atoms in total. The van der Waals surface area contributed by atoms with E-state index in [4.69, 9.17) is 4.74 Å². The van der Waals surface area contributed by atoms with E-state index in [-0.39, 0.29) is 53.0 Å². The molecule has 0 aromatic heterocycles. The molecule has 2 aromatic rings. The number of imide groups is 1. The molecular formula is C30H25BINO8. The summed E-state index contributed by atoms with van der Waals surface area (Å²) in [5.41, 5.74) is 2.84. The molecule has 11 heteroatoms. The van der Waals surface area contributed by atoms with Gasteiger partial charge in [-0.2, -0.15) is 0 Å². The Morgan fingerprint density at radius 1 is 1.05 bits per heavy atom. The van der Waals surface area contributed by atoms with Crippen molar-refractivity contribution in [1.82, 2.24) is 0 Å². The highest BCUT2D eigenvalue weighted by molar-refractivity contribution is 14.1. The maximum atomic E-state index is 14.0. The standard InChI is InChI=1S/C30H25BINO8/c1-13-8-22(34)20-12-19-17(24(26(20)27(13)35)14-9-21(32)28(36)23(10-14)41-2)6-7-18-25(19)30(38)33(29(18)37)16-5-3-4-15(11-16)31(39)40/h3-6,8-11,18-19,24-25,36,39-40H,7,12H2,1-2H3/t18-,19+,24-,25-/m0/s1. The molecule has 3 N–H and O–H groups in total. The molecule has 4 aliphatic rings. The minimum atomic E-state index is -1.76. The van der Waals surface area contributed by atoms with Crippen molar-refractivity contribution < 1.29 is 39.1 Å². The number of ether oxygens (including phenoxy) is 1. The van der Waals surface area contributed by atoms with Gasteiger partial charge in [0.15, 0.2) is 23.1 Å². The molecule has 3 aliphatic carbocycles. The van der Waals surface area contributed by atoms with Crippen molar-refractivity contribution in [2.24, 2.45) is 17.8 Å². The summed E-state index contributed by atoms with van der Waals surface area (Å²) < 4.78 is 5.90. The van der Waals surface area contributed by atoms with Crippen molar-refractivity contribution in [2.75, 3.05) is 12.0 Å². The zero-order chi connectivity index (χ0) is 29.3. The van der Waals surface area contributed by atoms with Gasteiger partial charge in [0.1, 0.15) is 0 Å². The van der Waals surface area contributed by atoms with Gasteiger partial charge in [-0.15, -0.1) is 0 Å². The van der Waals surface area contributed by atoms with Gasteiger partial charge in [0, 0.05) is 22.6 Å². The van der Waals surface area contributed by atoms with Crippen molar-refractivity contribution in [1.29, 1.82) is 0 Å². The molecule has 1 saturated heterocycles. The Morgan fingerprint density at radius 2 is 1.80 bits per heavy atom. The summed E-state index contributed by atoms with van der Waals surface area (Å²) in [6.45, 7) is 1.61. The molecule has 6 rings (SSSR count). The van der Waals surface area contributed by atoms with Crippen LogP contribution in [0.4, 0.5) is 5.69 Å². The molecule has 0 bridgehead atoms. The summed E-state index contributed by atoms with van der Waals surface area (Å²) in [5, 5.41) is 29.8. The molecule has 0 saturated carbocycles. The van der Waals surface area contributed by atoms with Crippen LogP contribution in [-0.4, -0.2) is 52.8 Å². The van der Waals surface area contributed by atoms with E-state index in [1.807, 2.05) is 28.7 Å². The van der Waals surface area contributed by atoms with Gasteiger partial charge in [-0.05, 0) is 89.6 Å². The summed E-state index contributed by atoms with van der Waals surface area (Å²) in [6, 6.07) is 9.39. The number of phenols is 1. The Hall–Kier alpha value is -3.55. The third-order valence-electron chi connectivity index (χ3n) is 8.60. The quantitative estimate of drug-likeness (QED) is 0.149. The van der Waals surface area contributed by atoms with Crippen molar-refractivity contribution >= 4 is 64.2 Å². The Morgan fingerprint density at radius 3 is 2.51 bits per heavy atom. The Balaban J connectivity index is 1.49. The fourth-order valence-electron chi connectivity index (χ4n) is 6.74. The van der Waals surface area contributed by atoms with Crippen LogP contribution in [0.2, 0.25) is 0 Å². The predicted octanol–water partition coefficient (Wildman–Crippen LogP) is 2.32. The van der Waals surface area contributed by atoms with E-state index in [9.17, 15) is 34.3 Å². The molecule has 1 aliphatic heterocycles. The van der Waals surface area contributed by atoms with Crippen molar-refractivity contribution in [3.63, 3.8) is 0 Å². The number of ketones is 2. The first-order chi connectivity index (χ1) is 19.5. The maximum Gasteiger partial charge on any atom is 0.488 e. The number of anilines is 1. The number of Topliss-reactive ketones (excluding diaryl/α,β-unsaturated/α-hetero) is 1. The number of allylic oxidation sites excluding steroid dienone is 6. The number of benzene rings is 2. The molecule has 1 fully saturated rings. The Labute approximate surface area is 249 Å². The van der Waals surface area contributed by atoms with E-state index in [2.05, 4.69) is 0 Å². The monoisotopic (exact) mass is 665 g/mol. The lowest BCUT2D eigenvalue weighted by Crippen LogP contribution is -2.40. The smallest absolute Gasteiger partial charge is 0.488 e. The lowest BCUT2D eigenvalue weighted by Gasteiger charge is -2.42. The first-order valence-electron chi connectivity index (χ1n) is 13.1. The van der Waals surface area contributed by atoms with E-state index in [1.54, 1.807) is 31.2 Å². The third-order valence-corrected chi connectivity index (χ3v) is 9.42. The minimum absolute atomic E-state index is 0.0411. The second kappa shape index (κ2) is 10.1. The van der Waals surface area contributed by atoms with E-state index < -0.39 is 36.7 Å². The molecule has 0 spiro atoms. The van der Waals surface area contributed by atoms with Crippen LogP contribution >= 0.6 is 22.6 Å². The van der Waals surface area contributed by atoms with Gasteiger partial charge in [-0.3, -0.25) is 24.1 Å². The third kappa shape index (κ3) is 4.20. The number of rotatable bonds is 4. The number of carbonyl (C=O) groups excluding carboxylic acids is 4. The van der Waals surface area contributed by atoms with Crippen LogP contribution < -0.4 is 15.1 Å². The lowest BCUT2D eigenvalue weighted by molar-refractivity contribution is -0.123. The SMILES string of the molecule is COc1cc([C@H]2C3=CC[C@@H]4C(=O)N(c5cccc(B(O)O)c5)C(=O)[C@@H]4[C@@H]3CC3=C2C(=O)C(C)=CC3=O)cc(I)c1O. The Bertz CT molecular complexity index is 1660. The zero-order valence-electron chi connectivity index (χ0n) is 22.1. The van der Waals surface area contributed by atoms with Crippen LogP contribution in [0.1, 0.15) is 31.2 Å². The molecule has 0 unspecified atom stereocenters. The average Bonchev–Trinajstić information content (AvgIpc) is 3.21. The highest BCUT2D eigenvalue weighted by Crippen LogP contribution is 2.56. The summed E-state index contributed by atoms with van der Waals surface area (Å²) in [7, 11) is -0.336. The van der Waals surface area contributed by atoms with Crippen LogP contribution in [0.5, 0.6) is 11.5 Å². The number of hydrogen-bond acceptors (Lipinski definition) is 8. The van der Waals surface area contributed by atoms with Crippen LogP contribution in [0.25, 0.3) is 0 Å². The second-order valence-electron chi connectivity index (χ2n) is 10.8. The van der Waals surface area contributed by atoms with Crippen LogP contribution in [0.15, 0.2) is 70.8 Å². The van der Waals surface area contributed by atoms with Gasteiger partial charge < -0.3 is 19.9 Å². The first kappa shape index (κ1) is 27.6. The maximum absolute atomic E-state index is 14.0. The highest BCUT2D eigenvalue weighted by Gasteiger charge is 2.56. The van der Waals surface area contributed by atoms with Gasteiger partial charge in [0.25, 0.3) is 0 Å². The predicted molar refractivity (Wildman–Crippen MR) is 157 cm³/mol. The van der Waals surface area contributed by atoms with Gasteiger partial charge in [-0.1, -0.05) is 23.8 Å². The van der Waals surface area contributed by atoms with Crippen LogP contribution in [0.3, 0.4) is 0 Å². The number of aromatic hydroxyl groups is 1. The molecule has 1 heterocycles. The molecular weight excluding hydrogens is 640 g/mol. The van der Waals surface area contributed by atoms with E-state index in [0.717, 1.165) is 10.5 Å². The van der Waals surface area contributed by atoms with Gasteiger partial charge in [0.05, 0.1) is 28.2 Å². The topological polar surface area (TPSA) is 141 Å². The van der Waals surface area contributed by atoms with Crippen LogP contribution in [-0.2, 0) is 19.2 Å². The fraction of sp³-hybridized carbons (Fsp3) is 0.267. The molecule has 0 radical (unpaired) electrons. The van der Waals surface area contributed by atoms with Gasteiger partial charge >= 0.3 is 7.12 Å². The number of phenolic OH excluding ortho intramolecular Hbond substituents is 1. The number of nitrogens with zero attached hydrogens (tertiary/aromatic N) is 1. The second-order valence-corrected chi connectivity index (χ2v) is 11.9. The van der Waals surface area contributed by atoms with Gasteiger partial charge in [-0.25, -0.2) is 0 Å². The largest absolute Gasteiger partial charge is 0.504 e. The Kier molecular flexibility index (Phi) is 6.78. The normalized spacial score (nSPS) is 25.4. The first-order valence-corrected chi connectivity index (χ1v) is 14.2. The van der Waals surface area contributed by atoms with E-state index >= 15 is 0 Å². The summed E-state index contributed by atoms with van der Waals surface area (Å²) in [6.07, 6.45) is 3.65. The molecule has 41 heavy (non-hydrogen) atoms. The van der Waals surface area contributed by atoms with Crippen molar-refractivity contribution in [3.8, 4) is 11.5 Å². The summed E-state index contributed by atoms with van der Waals surface area (Å²) in [5.74, 6) is -3.80. The van der Waals surface area contributed by atoms with Crippen LogP contribution in [0, 0.1) is 21.3 Å². The van der Waals surface area contributed by atoms with Crippen molar-refractivity contribution in [2.45, 2.75) is 25.7 Å². The summed E-state index contributed by atoms with van der Waals surface area (Å²) in [4.78, 5) is 55.6. The van der Waals surface area contributed by atoms with E-state index in [0.29, 0.717) is 25.9 Å². The number of halogens is 1. The zero-order valence-corrected chi connectivity index (χ0v) is 24.3. The lowest BCUT2D eigenvalue weighted by atomic mass is 9.59. The average molecular weight is 665 g/mol. The molecule has 208 valence electrons. The number of methoxy groups -OCH3 is 1. The molecule has 4 atom stereocenters. The summed E-state index contributed by atoms with van der Waals surface area (Å²) >= 11 is 1.98. The van der Waals surface area contributed by atoms with E-state index in [1.165, 1.54) is 25.3 Å². The van der Waals surface area contributed by atoms with Gasteiger partial charge in [0.2, 0.25) is 11.8 Å². The fourth-order valence-corrected chi connectivity index (χ4v) is 7.36. The number of fused-ring (bicyclic) bond motifs is 3. The highest BCUT2D eigenvalue weighted by atomic mass is 127. The number of hydrogen-bond donors (Lipinski definition) is 3. The molecule has 2 amide bonds. The van der Waals surface area contributed by atoms with Crippen molar-refractivity contribution in [3.05, 3.63) is 80.0 Å². The number of carbonyl (C=O) groups is 4. The number of amides is 2. The minimum Gasteiger partial charge on any atom is -0.504 e. The molecule has 2 aromatic carbocycles.